The van der Waals surface area contributed by atoms with Crippen LogP contribution in [0.25, 0.3) is 0 Å². The van der Waals surface area contributed by atoms with Crippen molar-refractivity contribution in [2.45, 2.75) is 46.1 Å². The molecule has 1 aromatic carbocycles. The summed E-state index contributed by atoms with van der Waals surface area (Å²) in [6, 6.07) is 6.56. The third-order valence-corrected chi connectivity index (χ3v) is 4.81. The van der Waals surface area contributed by atoms with Crippen molar-refractivity contribution in [1.29, 1.82) is 0 Å². The van der Waals surface area contributed by atoms with Crippen LogP contribution in [0.5, 0.6) is 0 Å². The minimum absolute atomic E-state index is 0.137. The van der Waals surface area contributed by atoms with Crippen LogP contribution in [0.3, 0.4) is 0 Å². The summed E-state index contributed by atoms with van der Waals surface area (Å²) in [5.41, 5.74) is 0.801. The molecule has 25 heavy (non-hydrogen) atoms. The zero-order valence-corrected chi connectivity index (χ0v) is 15.0. The van der Waals surface area contributed by atoms with Gasteiger partial charge in [-0.1, -0.05) is 32.8 Å². The molecular formula is C19H26N2O4. The van der Waals surface area contributed by atoms with Crippen molar-refractivity contribution >= 4 is 23.5 Å². The Hall–Kier alpha value is -2.37. The first-order valence-corrected chi connectivity index (χ1v) is 8.71. The molecule has 0 bridgehead atoms. The third kappa shape index (κ3) is 5.59. The number of amides is 2. The van der Waals surface area contributed by atoms with E-state index in [1.807, 2.05) is 0 Å². The molecule has 1 aromatic rings. The van der Waals surface area contributed by atoms with Crippen molar-refractivity contribution in [3.8, 4) is 0 Å². The first-order chi connectivity index (χ1) is 11.9. The van der Waals surface area contributed by atoms with E-state index >= 15 is 0 Å². The van der Waals surface area contributed by atoms with Crippen LogP contribution in [0.2, 0.25) is 0 Å². The van der Waals surface area contributed by atoms with Gasteiger partial charge in [-0.3, -0.25) is 9.59 Å². The quantitative estimate of drug-likeness (QED) is 0.803. The Morgan fingerprint density at radius 3 is 2.68 bits per heavy atom. The van der Waals surface area contributed by atoms with Crippen LogP contribution in [-0.4, -0.2) is 30.4 Å². The van der Waals surface area contributed by atoms with E-state index in [0.717, 1.165) is 12.8 Å². The highest BCUT2D eigenvalue weighted by atomic mass is 16.5. The molecule has 0 spiro atoms. The summed E-state index contributed by atoms with van der Waals surface area (Å²) in [6.45, 7) is 5.43. The highest BCUT2D eigenvalue weighted by Crippen LogP contribution is 2.29. The van der Waals surface area contributed by atoms with Crippen LogP contribution in [0.4, 0.5) is 5.69 Å². The van der Waals surface area contributed by atoms with Gasteiger partial charge in [0.1, 0.15) is 0 Å². The summed E-state index contributed by atoms with van der Waals surface area (Å²) in [6.07, 6.45) is 3.25. The van der Waals surface area contributed by atoms with E-state index in [1.165, 1.54) is 19.4 Å². The maximum Gasteiger partial charge on any atom is 0.338 e. The van der Waals surface area contributed by atoms with E-state index < -0.39 is 5.97 Å². The predicted octanol–water partition coefficient (Wildman–Crippen LogP) is 2.74. The third-order valence-electron chi connectivity index (χ3n) is 4.81. The van der Waals surface area contributed by atoms with Gasteiger partial charge in [0.05, 0.1) is 5.56 Å². The minimum atomic E-state index is -0.590. The van der Waals surface area contributed by atoms with Gasteiger partial charge in [-0.05, 0) is 36.5 Å². The molecule has 136 valence electrons. The second-order valence-corrected chi connectivity index (χ2v) is 6.78. The lowest BCUT2D eigenvalue weighted by Crippen LogP contribution is -2.45. The van der Waals surface area contributed by atoms with Crippen LogP contribution in [0, 0.1) is 11.8 Å². The largest absolute Gasteiger partial charge is 0.452 e. The van der Waals surface area contributed by atoms with Crippen molar-refractivity contribution in [3.05, 3.63) is 29.8 Å². The van der Waals surface area contributed by atoms with Crippen LogP contribution in [0.1, 0.15) is 50.4 Å². The zero-order chi connectivity index (χ0) is 18.4. The molecule has 3 atom stereocenters. The lowest BCUT2D eigenvalue weighted by molar-refractivity contribution is -0.125. The van der Waals surface area contributed by atoms with E-state index in [0.29, 0.717) is 23.1 Å². The number of esters is 1. The Morgan fingerprint density at radius 1 is 1.20 bits per heavy atom. The normalized spacial score (nSPS) is 22.8. The summed E-state index contributed by atoms with van der Waals surface area (Å²) in [4.78, 5) is 35.2. The first-order valence-electron chi connectivity index (χ1n) is 8.71. The summed E-state index contributed by atoms with van der Waals surface area (Å²) < 4.78 is 5.09. The summed E-state index contributed by atoms with van der Waals surface area (Å²) in [7, 11) is 0. The number of benzene rings is 1. The van der Waals surface area contributed by atoms with Crippen LogP contribution < -0.4 is 10.6 Å². The average Bonchev–Trinajstić information content (AvgIpc) is 2.56. The predicted molar refractivity (Wildman–Crippen MR) is 95.1 cm³/mol. The molecule has 1 fully saturated rings. The Balaban J connectivity index is 1.85. The molecule has 2 N–H and O–H groups in total. The van der Waals surface area contributed by atoms with Gasteiger partial charge in [-0.25, -0.2) is 4.79 Å². The van der Waals surface area contributed by atoms with Crippen molar-refractivity contribution in [3.63, 3.8) is 0 Å². The minimum Gasteiger partial charge on any atom is -0.452 e. The molecule has 6 nitrogen and oxygen atoms in total. The Morgan fingerprint density at radius 2 is 1.96 bits per heavy atom. The number of anilines is 1. The van der Waals surface area contributed by atoms with Gasteiger partial charge < -0.3 is 15.4 Å². The van der Waals surface area contributed by atoms with Gasteiger partial charge in [0.25, 0.3) is 5.91 Å². The number of carbonyl (C=O) groups excluding carboxylic acids is 3. The molecule has 0 aliphatic heterocycles. The molecule has 1 saturated carbocycles. The zero-order valence-electron chi connectivity index (χ0n) is 15.0. The Kier molecular flexibility index (Phi) is 6.56. The molecule has 2 rings (SSSR count). The molecule has 0 heterocycles. The van der Waals surface area contributed by atoms with Crippen LogP contribution in [-0.2, 0) is 14.3 Å². The smallest absolute Gasteiger partial charge is 0.338 e. The fraction of sp³-hybridized carbons (Fsp3) is 0.526. The number of ether oxygens (including phenoxy) is 1. The lowest BCUT2D eigenvalue weighted by atomic mass is 9.78. The van der Waals surface area contributed by atoms with Crippen LogP contribution in [0.15, 0.2) is 24.3 Å². The van der Waals surface area contributed by atoms with Crippen LogP contribution >= 0.6 is 0 Å². The van der Waals surface area contributed by atoms with Crippen molar-refractivity contribution in [1.82, 2.24) is 5.32 Å². The van der Waals surface area contributed by atoms with Gasteiger partial charge in [-0.2, -0.15) is 0 Å². The SMILES string of the molecule is CC(=O)Nc1cccc(C(=O)OCC(=O)N[C@H]2CCC[C@@H](C)[C@H]2C)c1. The summed E-state index contributed by atoms with van der Waals surface area (Å²) >= 11 is 0. The highest BCUT2D eigenvalue weighted by Gasteiger charge is 2.28. The average molecular weight is 346 g/mol. The fourth-order valence-corrected chi connectivity index (χ4v) is 3.18. The van der Waals surface area contributed by atoms with E-state index in [-0.39, 0.29) is 24.5 Å². The molecule has 0 saturated heterocycles. The van der Waals surface area contributed by atoms with Gasteiger partial charge in [0.15, 0.2) is 6.61 Å². The molecular weight excluding hydrogens is 320 g/mol. The molecule has 0 radical (unpaired) electrons. The molecule has 2 amide bonds. The maximum atomic E-state index is 12.1. The molecule has 1 aliphatic rings. The summed E-state index contributed by atoms with van der Waals surface area (Å²) in [5, 5.41) is 5.57. The number of hydrogen-bond acceptors (Lipinski definition) is 4. The van der Waals surface area contributed by atoms with Crippen molar-refractivity contribution < 1.29 is 19.1 Å². The first kappa shape index (κ1) is 19.0. The topological polar surface area (TPSA) is 84.5 Å². The molecule has 6 heteroatoms. The Labute approximate surface area is 148 Å². The second-order valence-electron chi connectivity index (χ2n) is 6.78. The number of nitrogens with one attached hydrogen (secondary N) is 2. The molecule has 0 unspecified atom stereocenters. The summed E-state index contributed by atoms with van der Waals surface area (Å²) in [5.74, 6) is -0.0914. The second kappa shape index (κ2) is 8.65. The number of carbonyl (C=O) groups is 3. The number of rotatable bonds is 5. The monoisotopic (exact) mass is 346 g/mol. The van der Waals surface area contributed by atoms with Gasteiger partial charge >= 0.3 is 5.97 Å². The van der Waals surface area contributed by atoms with E-state index in [1.54, 1.807) is 18.2 Å². The van der Waals surface area contributed by atoms with Crippen molar-refractivity contribution in [2.75, 3.05) is 11.9 Å². The highest BCUT2D eigenvalue weighted by molar-refractivity contribution is 5.94. The van der Waals surface area contributed by atoms with Gasteiger partial charge in [0.2, 0.25) is 5.91 Å². The Bertz CT molecular complexity index is 644. The van der Waals surface area contributed by atoms with E-state index in [4.69, 9.17) is 4.74 Å². The molecule has 1 aliphatic carbocycles. The van der Waals surface area contributed by atoms with Crippen molar-refractivity contribution in [2.24, 2.45) is 11.8 Å². The lowest BCUT2D eigenvalue weighted by Gasteiger charge is -2.34. The van der Waals surface area contributed by atoms with Gasteiger partial charge in [-0.15, -0.1) is 0 Å². The maximum absolute atomic E-state index is 12.1. The molecule has 0 aromatic heterocycles. The van der Waals surface area contributed by atoms with E-state index in [2.05, 4.69) is 24.5 Å². The number of hydrogen-bond donors (Lipinski definition) is 2. The fourth-order valence-electron chi connectivity index (χ4n) is 3.18. The standard InChI is InChI=1S/C19H26N2O4/c1-12-6-4-9-17(13(12)2)21-18(23)11-25-19(24)15-7-5-8-16(10-15)20-14(3)22/h5,7-8,10,12-13,17H,4,6,9,11H2,1-3H3,(H,20,22)(H,21,23)/t12-,13-,17+/m1/s1. The van der Waals surface area contributed by atoms with E-state index in [9.17, 15) is 14.4 Å². The van der Waals surface area contributed by atoms with Gasteiger partial charge in [0, 0.05) is 18.7 Å².